The minimum absolute atomic E-state index is 0.104. The minimum Gasteiger partial charge on any atom is -0.444 e. The van der Waals surface area contributed by atoms with Crippen LogP contribution in [0.25, 0.3) is 17.0 Å². The predicted molar refractivity (Wildman–Crippen MR) is 161 cm³/mol. The zero-order valence-electron chi connectivity index (χ0n) is 23.5. The average molecular weight is 555 g/mol. The number of halogens is 1. The first-order valence-electron chi connectivity index (χ1n) is 13.8. The number of aromatic amines is 1. The molecule has 4 N–H and O–H groups in total. The molecule has 1 unspecified atom stereocenters. The van der Waals surface area contributed by atoms with E-state index in [1.807, 2.05) is 62.2 Å². The third-order valence-electron chi connectivity index (χ3n) is 7.21. The number of carbonyl (C=O) groups excluding carboxylic acids is 2. The van der Waals surface area contributed by atoms with Crippen LogP contribution in [0.4, 0.5) is 20.6 Å². The van der Waals surface area contributed by atoms with Gasteiger partial charge in [0.25, 0.3) is 0 Å². The lowest BCUT2D eigenvalue weighted by atomic mass is 10.0. The van der Waals surface area contributed by atoms with Crippen molar-refractivity contribution in [1.29, 1.82) is 0 Å². The Labute approximate surface area is 239 Å². The Morgan fingerprint density at radius 2 is 1.95 bits per heavy atom. The molecule has 5 rings (SSSR count). The largest absolute Gasteiger partial charge is 0.444 e. The van der Waals surface area contributed by atoms with Crippen molar-refractivity contribution in [3.8, 4) is 0 Å². The molecule has 2 amide bonds. The molecule has 1 aliphatic rings. The van der Waals surface area contributed by atoms with E-state index in [0.717, 1.165) is 52.1 Å². The second-order valence-corrected chi connectivity index (χ2v) is 11.4. The highest BCUT2D eigenvalue weighted by molar-refractivity contribution is 6.03. The van der Waals surface area contributed by atoms with Gasteiger partial charge in [0.2, 0.25) is 5.91 Å². The Kier molecular flexibility index (Phi) is 7.83. The van der Waals surface area contributed by atoms with E-state index in [-0.39, 0.29) is 23.7 Å². The number of ether oxygens (including phenoxy) is 1. The molecular formula is C33H35FN4O3. The number of aromatic nitrogens is 1. The van der Waals surface area contributed by atoms with Gasteiger partial charge in [0.15, 0.2) is 0 Å². The summed E-state index contributed by atoms with van der Waals surface area (Å²) in [5.74, 6) is -0.828. The van der Waals surface area contributed by atoms with E-state index >= 15 is 0 Å². The first-order chi connectivity index (χ1) is 19.6. The molecule has 1 atom stereocenters. The van der Waals surface area contributed by atoms with E-state index in [0.29, 0.717) is 18.7 Å². The molecule has 1 aliphatic carbocycles. The van der Waals surface area contributed by atoms with Crippen LogP contribution >= 0.6 is 0 Å². The number of benzene rings is 3. The lowest BCUT2D eigenvalue weighted by Gasteiger charge is -2.32. The standard InChI is InChI=1S/C33H35FN4O3/c1-33(2,3)41-32(40)38(17-16-23-20-36-28-7-5-4-6-25(23)28)30-14-10-22-18-21(8-12-26(22)30)9-15-31(39)37-29-13-11-24(34)19-27(29)35/h4-9,11-13,15,18-20,30,36H,10,14,16-17,35H2,1-3H3,(H,37,39)/b15-9+. The fourth-order valence-electron chi connectivity index (χ4n) is 5.31. The second-order valence-electron chi connectivity index (χ2n) is 11.4. The second kappa shape index (κ2) is 11.5. The summed E-state index contributed by atoms with van der Waals surface area (Å²) in [6.07, 6.45) is 7.14. The van der Waals surface area contributed by atoms with Gasteiger partial charge in [-0.3, -0.25) is 4.79 Å². The van der Waals surface area contributed by atoms with Crippen LogP contribution in [-0.4, -0.2) is 34.0 Å². The lowest BCUT2D eigenvalue weighted by molar-refractivity contribution is -0.111. The maximum Gasteiger partial charge on any atom is 0.410 e. The highest BCUT2D eigenvalue weighted by Crippen LogP contribution is 2.37. The number of fused-ring (bicyclic) bond motifs is 2. The van der Waals surface area contributed by atoms with Crippen LogP contribution < -0.4 is 11.1 Å². The summed E-state index contributed by atoms with van der Waals surface area (Å²) in [6.45, 7) is 6.16. The molecule has 1 aromatic heterocycles. The number of amides is 2. The molecule has 0 aliphatic heterocycles. The minimum atomic E-state index is -0.606. The Morgan fingerprint density at radius 3 is 2.73 bits per heavy atom. The molecular weight excluding hydrogens is 519 g/mol. The van der Waals surface area contributed by atoms with E-state index in [1.165, 1.54) is 18.2 Å². The number of anilines is 2. The zero-order chi connectivity index (χ0) is 29.1. The number of aryl methyl sites for hydroxylation is 1. The van der Waals surface area contributed by atoms with Crippen molar-refractivity contribution in [2.75, 3.05) is 17.6 Å². The van der Waals surface area contributed by atoms with Crippen LogP contribution in [0.5, 0.6) is 0 Å². The molecule has 4 aromatic rings. The van der Waals surface area contributed by atoms with Crippen molar-refractivity contribution < 1.29 is 18.7 Å². The summed E-state index contributed by atoms with van der Waals surface area (Å²) in [6, 6.07) is 17.9. The highest BCUT2D eigenvalue weighted by atomic mass is 19.1. The first kappa shape index (κ1) is 28.0. The van der Waals surface area contributed by atoms with Gasteiger partial charge in [0, 0.05) is 29.7 Å². The summed E-state index contributed by atoms with van der Waals surface area (Å²) < 4.78 is 19.1. The third-order valence-corrected chi connectivity index (χ3v) is 7.21. The predicted octanol–water partition coefficient (Wildman–Crippen LogP) is 7.01. The fraction of sp³-hybridized carbons (Fsp3) is 0.273. The van der Waals surface area contributed by atoms with Crippen LogP contribution in [0.2, 0.25) is 0 Å². The van der Waals surface area contributed by atoms with Crippen molar-refractivity contribution in [1.82, 2.24) is 9.88 Å². The number of carbonyl (C=O) groups is 2. The van der Waals surface area contributed by atoms with Crippen molar-refractivity contribution in [3.63, 3.8) is 0 Å². The van der Waals surface area contributed by atoms with Gasteiger partial charge >= 0.3 is 6.09 Å². The van der Waals surface area contributed by atoms with Gasteiger partial charge in [-0.2, -0.15) is 0 Å². The lowest BCUT2D eigenvalue weighted by Crippen LogP contribution is -2.40. The van der Waals surface area contributed by atoms with Crippen molar-refractivity contribution in [2.24, 2.45) is 0 Å². The summed E-state index contributed by atoms with van der Waals surface area (Å²) in [7, 11) is 0. The molecule has 0 fully saturated rings. The highest BCUT2D eigenvalue weighted by Gasteiger charge is 2.33. The van der Waals surface area contributed by atoms with Crippen molar-refractivity contribution in [3.05, 3.63) is 101 Å². The summed E-state index contributed by atoms with van der Waals surface area (Å²) in [5, 5.41) is 3.83. The SMILES string of the molecule is CC(C)(C)OC(=O)N(CCc1c[nH]c2ccccc12)C1CCc2cc(/C=C/C(=O)Nc3ccc(F)cc3N)ccc21. The van der Waals surface area contributed by atoms with E-state index in [4.69, 9.17) is 10.5 Å². The number of nitrogen functional groups attached to an aromatic ring is 1. The molecule has 1 heterocycles. The van der Waals surface area contributed by atoms with E-state index < -0.39 is 11.4 Å². The normalized spacial score (nSPS) is 14.8. The number of para-hydroxylation sites is 1. The topological polar surface area (TPSA) is 100 Å². The van der Waals surface area contributed by atoms with Gasteiger partial charge in [0.1, 0.15) is 11.4 Å². The molecule has 0 bridgehead atoms. The average Bonchev–Trinajstić information content (AvgIpc) is 3.52. The summed E-state index contributed by atoms with van der Waals surface area (Å²) >= 11 is 0. The molecule has 8 heteroatoms. The molecule has 0 spiro atoms. The van der Waals surface area contributed by atoms with Gasteiger partial charge in [-0.05, 0) is 92.6 Å². The number of nitrogens with zero attached hydrogens (tertiary/aromatic N) is 1. The number of H-pyrrole nitrogens is 1. The Bertz CT molecular complexity index is 1620. The maximum atomic E-state index is 13.4. The van der Waals surface area contributed by atoms with E-state index in [2.05, 4.69) is 22.4 Å². The van der Waals surface area contributed by atoms with Gasteiger partial charge in [-0.25, -0.2) is 9.18 Å². The van der Waals surface area contributed by atoms with Crippen molar-refractivity contribution in [2.45, 2.75) is 51.7 Å². The van der Waals surface area contributed by atoms with E-state index in [9.17, 15) is 14.0 Å². The molecule has 3 aromatic carbocycles. The van der Waals surface area contributed by atoms with Gasteiger partial charge in [-0.15, -0.1) is 0 Å². The number of nitrogens with one attached hydrogen (secondary N) is 2. The molecule has 0 saturated heterocycles. The summed E-state index contributed by atoms with van der Waals surface area (Å²) in [5.41, 5.74) is 11.0. The van der Waals surface area contributed by atoms with Crippen LogP contribution in [-0.2, 0) is 22.4 Å². The quantitative estimate of drug-likeness (QED) is 0.169. The molecule has 7 nitrogen and oxygen atoms in total. The van der Waals surface area contributed by atoms with Crippen LogP contribution in [0.15, 0.2) is 72.9 Å². The number of hydrogen-bond acceptors (Lipinski definition) is 4. The van der Waals surface area contributed by atoms with Crippen LogP contribution in [0.1, 0.15) is 55.5 Å². The Hall–Kier alpha value is -4.59. The fourth-order valence-corrected chi connectivity index (χ4v) is 5.31. The number of hydrogen-bond donors (Lipinski definition) is 3. The Balaban J connectivity index is 1.32. The monoisotopic (exact) mass is 554 g/mol. The first-order valence-corrected chi connectivity index (χ1v) is 13.8. The molecule has 212 valence electrons. The van der Waals surface area contributed by atoms with Gasteiger partial charge in [-0.1, -0.05) is 36.4 Å². The van der Waals surface area contributed by atoms with Crippen molar-refractivity contribution >= 4 is 40.4 Å². The smallest absolute Gasteiger partial charge is 0.410 e. The number of nitrogens with two attached hydrogens (primary N) is 1. The molecule has 0 radical (unpaired) electrons. The zero-order valence-corrected chi connectivity index (χ0v) is 23.5. The van der Waals surface area contributed by atoms with Crippen LogP contribution in [0.3, 0.4) is 0 Å². The molecule has 0 saturated carbocycles. The summed E-state index contributed by atoms with van der Waals surface area (Å²) in [4.78, 5) is 31.0. The van der Waals surface area contributed by atoms with Crippen LogP contribution in [0, 0.1) is 5.82 Å². The van der Waals surface area contributed by atoms with E-state index in [1.54, 1.807) is 6.08 Å². The molecule has 41 heavy (non-hydrogen) atoms. The number of rotatable bonds is 7. The van der Waals surface area contributed by atoms with Gasteiger partial charge in [0.05, 0.1) is 17.4 Å². The van der Waals surface area contributed by atoms with Gasteiger partial charge < -0.3 is 25.7 Å². The Morgan fingerprint density at radius 1 is 1.15 bits per heavy atom. The maximum absolute atomic E-state index is 13.4. The third kappa shape index (κ3) is 6.60.